The quantitative estimate of drug-likeness (QED) is 0.671. The highest BCUT2D eigenvalue weighted by Crippen LogP contribution is 2.53. The number of hydrogen-bond donors (Lipinski definition) is 0. The Labute approximate surface area is 113 Å². The van der Waals surface area contributed by atoms with Crippen LogP contribution in [0.3, 0.4) is 0 Å². The zero-order valence-electron chi connectivity index (χ0n) is 12.6. The van der Waals surface area contributed by atoms with Crippen molar-refractivity contribution in [3.63, 3.8) is 0 Å². The zero-order chi connectivity index (χ0) is 13.0. The molecule has 1 aliphatic heterocycles. The number of nitrogens with zero attached hydrogens (tertiary/aromatic N) is 1. The molecule has 1 saturated heterocycles. The Balaban J connectivity index is 1.62. The van der Waals surface area contributed by atoms with Gasteiger partial charge in [-0.3, -0.25) is 0 Å². The smallest absolute Gasteiger partial charge is 0.0462 e. The maximum absolute atomic E-state index is 5.14. The lowest BCUT2D eigenvalue weighted by Crippen LogP contribution is -2.47. The van der Waals surface area contributed by atoms with Crippen LogP contribution in [0.4, 0.5) is 0 Å². The minimum absolute atomic E-state index is 0.755. The molecule has 1 spiro atoms. The van der Waals surface area contributed by atoms with E-state index in [9.17, 15) is 0 Å². The standard InChI is InChI=1S/C16H31NO/c1-14(2)13-17-8-6-16(7-9-17)11-15(12-16)5-4-10-18-3/h14-15H,4-13H2,1-3H3. The van der Waals surface area contributed by atoms with Crippen molar-refractivity contribution in [1.82, 2.24) is 4.90 Å². The third kappa shape index (κ3) is 3.71. The third-order valence-electron chi connectivity index (χ3n) is 4.94. The van der Waals surface area contributed by atoms with E-state index in [1.54, 1.807) is 0 Å². The Morgan fingerprint density at radius 3 is 2.44 bits per heavy atom. The van der Waals surface area contributed by atoms with Crippen LogP contribution in [-0.4, -0.2) is 38.3 Å². The molecular formula is C16H31NO. The summed E-state index contributed by atoms with van der Waals surface area (Å²) < 4.78 is 5.14. The summed E-state index contributed by atoms with van der Waals surface area (Å²) >= 11 is 0. The average molecular weight is 253 g/mol. The second-order valence-corrected chi connectivity index (χ2v) is 7.10. The van der Waals surface area contributed by atoms with Crippen LogP contribution in [0.25, 0.3) is 0 Å². The summed E-state index contributed by atoms with van der Waals surface area (Å²) in [6, 6.07) is 0. The summed E-state index contributed by atoms with van der Waals surface area (Å²) in [5, 5.41) is 0. The molecule has 106 valence electrons. The van der Waals surface area contributed by atoms with Gasteiger partial charge in [0.1, 0.15) is 0 Å². The van der Waals surface area contributed by atoms with Crippen molar-refractivity contribution in [2.45, 2.75) is 52.4 Å². The van der Waals surface area contributed by atoms with Gasteiger partial charge in [0.05, 0.1) is 0 Å². The Hall–Kier alpha value is -0.0800. The van der Waals surface area contributed by atoms with Gasteiger partial charge in [-0.15, -0.1) is 0 Å². The topological polar surface area (TPSA) is 12.5 Å². The van der Waals surface area contributed by atoms with E-state index in [1.165, 1.54) is 58.2 Å². The van der Waals surface area contributed by atoms with Crippen LogP contribution in [0.5, 0.6) is 0 Å². The van der Waals surface area contributed by atoms with Crippen LogP contribution in [-0.2, 0) is 4.74 Å². The van der Waals surface area contributed by atoms with Gasteiger partial charge >= 0.3 is 0 Å². The van der Waals surface area contributed by atoms with Crippen molar-refractivity contribution in [2.75, 3.05) is 33.4 Å². The molecule has 18 heavy (non-hydrogen) atoms. The lowest BCUT2D eigenvalue weighted by atomic mass is 9.56. The van der Waals surface area contributed by atoms with E-state index in [-0.39, 0.29) is 0 Å². The number of piperidine rings is 1. The van der Waals surface area contributed by atoms with Crippen molar-refractivity contribution in [2.24, 2.45) is 17.3 Å². The Morgan fingerprint density at radius 2 is 1.89 bits per heavy atom. The van der Waals surface area contributed by atoms with Gasteiger partial charge in [0.2, 0.25) is 0 Å². The molecule has 0 aromatic rings. The molecule has 0 atom stereocenters. The largest absolute Gasteiger partial charge is 0.385 e. The van der Waals surface area contributed by atoms with Gasteiger partial charge in [-0.1, -0.05) is 13.8 Å². The van der Waals surface area contributed by atoms with Gasteiger partial charge in [-0.25, -0.2) is 0 Å². The van der Waals surface area contributed by atoms with Crippen LogP contribution in [0.1, 0.15) is 52.4 Å². The maximum Gasteiger partial charge on any atom is 0.0462 e. The van der Waals surface area contributed by atoms with Crippen molar-refractivity contribution < 1.29 is 4.74 Å². The molecule has 2 rings (SSSR count). The Morgan fingerprint density at radius 1 is 1.22 bits per heavy atom. The molecule has 1 aliphatic carbocycles. The number of hydrogen-bond acceptors (Lipinski definition) is 2. The van der Waals surface area contributed by atoms with E-state index >= 15 is 0 Å². The SMILES string of the molecule is COCCCC1CC2(CCN(CC(C)C)CC2)C1. The highest BCUT2D eigenvalue weighted by molar-refractivity contribution is 4.96. The average Bonchev–Trinajstić information content (AvgIpc) is 2.29. The first-order valence-electron chi connectivity index (χ1n) is 7.85. The van der Waals surface area contributed by atoms with Gasteiger partial charge in [0.25, 0.3) is 0 Å². The maximum atomic E-state index is 5.14. The summed E-state index contributed by atoms with van der Waals surface area (Å²) in [5.74, 6) is 1.83. The summed E-state index contributed by atoms with van der Waals surface area (Å²) in [6.07, 6.45) is 8.58. The summed E-state index contributed by atoms with van der Waals surface area (Å²) in [4.78, 5) is 2.67. The first-order valence-corrected chi connectivity index (χ1v) is 7.85. The normalized spacial score (nSPS) is 24.7. The summed E-state index contributed by atoms with van der Waals surface area (Å²) in [6.45, 7) is 9.62. The van der Waals surface area contributed by atoms with Crippen LogP contribution >= 0.6 is 0 Å². The van der Waals surface area contributed by atoms with E-state index in [0.717, 1.165) is 23.9 Å². The molecule has 0 unspecified atom stereocenters. The molecule has 0 amide bonds. The summed E-state index contributed by atoms with van der Waals surface area (Å²) in [5.41, 5.74) is 0.755. The van der Waals surface area contributed by atoms with Crippen LogP contribution in [0, 0.1) is 17.3 Å². The molecule has 1 saturated carbocycles. The zero-order valence-corrected chi connectivity index (χ0v) is 12.6. The summed E-state index contributed by atoms with van der Waals surface area (Å²) in [7, 11) is 1.81. The van der Waals surface area contributed by atoms with Crippen LogP contribution in [0.2, 0.25) is 0 Å². The number of ether oxygens (including phenoxy) is 1. The van der Waals surface area contributed by atoms with Crippen LogP contribution < -0.4 is 0 Å². The molecule has 2 aliphatic rings. The lowest BCUT2D eigenvalue weighted by molar-refractivity contribution is -0.0207. The second kappa shape index (κ2) is 6.38. The van der Waals surface area contributed by atoms with Crippen molar-refractivity contribution in [3.8, 4) is 0 Å². The van der Waals surface area contributed by atoms with Gasteiger partial charge in [-0.05, 0) is 68.9 Å². The highest BCUT2D eigenvalue weighted by Gasteiger charge is 2.44. The van der Waals surface area contributed by atoms with E-state index < -0.39 is 0 Å². The first kappa shape index (κ1) is 14.3. The molecule has 1 heterocycles. The minimum Gasteiger partial charge on any atom is -0.385 e. The Bertz CT molecular complexity index is 235. The van der Waals surface area contributed by atoms with E-state index in [2.05, 4.69) is 18.7 Å². The predicted octanol–water partition coefficient (Wildman–Crippen LogP) is 3.56. The lowest BCUT2D eigenvalue weighted by Gasteiger charge is -2.52. The third-order valence-corrected chi connectivity index (χ3v) is 4.94. The van der Waals surface area contributed by atoms with Gasteiger partial charge in [0, 0.05) is 20.3 Å². The molecule has 0 aromatic carbocycles. The highest BCUT2D eigenvalue weighted by atomic mass is 16.5. The molecule has 2 heteroatoms. The number of rotatable bonds is 6. The molecule has 2 fully saturated rings. The molecule has 0 N–H and O–H groups in total. The predicted molar refractivity (Wildman–Crippen MR) is 76.8 cm³/mol. The van der Waals surface area contributed by atoms with Crippen molar-refractivity contribution >= 4 is 0 Å². The molecule has 0 aromatic heterocycles. The fourth-order valence-corrected chi connectivity index (χ4v) is 4.02. The fraction of sp³-hybridized carbons (Fsp3) is 1.00. The molecular weight excluding hydrogens is 222 g/mol. The second-order valence-electron chi connectivity index (χ2n) is 7.10. The van der Waals surface area contributed by atoms with E-state index in [1.807, 2.05) is 7.11 Å². The molecule has 0 bridgehead atoms. The monoisotopic (exact) mass is 253 g/mol. The fourth-order valence-electron chi connectivity index (χ4n) is 4.02. The molecule has 0 radical (unpaired) electrons. The van der Waals surface area contributed by atoms with E-state index in [4.69, 9.17) is 4.74 Å². The minimum atomic E-state index is 0.755. The van der Waals surface area contributed by atoms with Gasteiger partial charge in [-0.2, -0.15) is 0 Å². The van der Waals surface area contributed by atoms with Crippen molar-refractivity contribution in [3.05, 3.63) is 0 Å². The Kier molecular flexibility index (Phi) is 5.08. The van der Waals surface area contributed by atoms with Crippen molar-refractivity contribution in [1.29, 1.82) is 0 Å². The van der Waals surface area contributed by atoms with Gasteiger partial charge < -0.3 is 9.64 Å². The van der Waals surface area contributed by atoms with Crippen LogP contribution in [0.15, 0.2) is 0 Å². The molecule has 2 nitrogen and oxygen atoms in total. The van der Waals surface area contributed by atoms with E-state index in [0.29, 0.717) is 0 Å². The number of methoxy groups -OCH3 is 1. The first-order chi connectivity index (χ1) is 8.63. The number of likely N-dealkylation sites (tertiary alicyclic amines) is 1. The van der Waals surface area contributed by atoms with Gasteiger partial charge in [0.15, 0.2) is 0 Å².